The zero-order valence-corrected chi connectivity index (χ0v) is 12.7. The predicted molar refractivity (Wildman–Crippen MR) is 85.5 cm³/mol. The van der Waals surface area contributed by atoms with Gasteiger partial charge in [0.1, 0.15) is 5.75 Å². The van der Waals surface area contributed by atoms with E-state index >= 15 is 0 Å². The van der Waals surface area contributed by atoms with Crippen molar-refractivity contribution in [3.63, 3.8) is 0 Å². The molecule has 0 bridgehead atoms. The van der Waals surface area contributed by atoms with Crippen LogP contribution in [0.25, 0.3) is 10.9 Å². The van der Waals surface area contributed by atoms with Gasteiger partial charge in [-0.1, -0.05) is 6.07 Å². The highest BCUT2D eigenvalue weighted by atomic mass is 32.2. The lowest BCUT2D eigenvalue weighted by molar-refractivity contribution is 0.291. The molecule has 0 unspecified atom stereocenters. The van der Waals surface area contributed by atoms with Gasteiger partial charge >= 0.3 is 0 Å². The minimum Gasteiger partial charge on any atom is -0.494 e. The Balaban J connectivity index is 1.77. The Labute approximate surface area is 124 Å². The SMILES string of the molecule is CCOc1ccc2nc(CN3CCSCC3)ccc2c1. The fourth-order valence-electron chi connectivity index (χ4n) is 2.48. The summed E-state index contributed by atoms with van der Waals surface area (Å²) in [4.78, 5) is 7.25. The first-order valence-electron chi connectivity index (χ1n) is 7.18. The highest BCUT2D eigenvalue weighted by molar-refractivity contribution is 7.99. The Kier molecular flexibility index (Phi) is 4.43. The van der Waals surface area contributed by atoms with Gasteiger partial charge in [-0.05, 0) is 31.2 Å². The van der Waals surface area contributed by atoms with Crippen molar-refractivity contribution in [3.8, 4) is 5.75 Å². The van der Waals surface area contributed by atoms with Crippen molar-refractivity contribution < 1.29 is 4.74 Å². The highest BCUT2D eigenvalue weighted by Crippen LogP contribution is 2.21. The summed E-state index contributed by atoms with van der Waals surface area (Å²) in [6.45, 7) is 6.01. The number of nitrogens with zero attached hydrogens (tertiary/aromatic N) is 2. The van der Waals surface area contributed by atoms with Crippen LogP contribution in [-0.4, -0.2) is 41.1 Å². The van der Waals surface area contributed by atoms with Crippen LogP contribution in [0.15, 0.2) is 30.3 Å². The molecule has 2 heterocycles. The van der Waals surface area contributed by atoms with Gasteiger partial charge < -0.3 is 4.74 Å². The van der Waals surface area contributed by atoms with Crippen LogP contribution < -0.4 is 4.74 Å². The molecule has 0 spiro atoms. The van der Waals surface area contributed by atoms with Crippen LogP contribution in [-0.2, 0) is 6.54 Å². The number of pyridine rings is 1. The van der Waals surface area contributed by atoms with Crippen molar-refractivity contribution in [1.82, 2.24) is 9.88 Å². The number of hydrogen-bond donors (Lipinski definition) is 0. The van der Waals surface area contributed by atoms with E-state index in [-0.39, 0.29) is 0 Å². The monoisotopic (exact) mass is 288 g/mol. The number of benzene rings is 1. The first-order chi connectivity index (χ1) is 9.85. The Morgan fingerprint density at radius 1 is 1.20 bits per heavy atom. The summed E-state index contributed by atoms with van der Waals surface area (Å²) in [7, 11) is 0. The number of thioether (sulfide) groups is 1. The molecule has 0 aliphatic carbocycles. The van der Waals surface area contributed by atoms with Gasteiger partial charge in [-0.15, -0.1) is 0 Å². The molecule has 0 N–H and O–H groups in total. The Hall–Kier alpha value is -1.26. The fraction of sp³-hybridized carbons (Fsp3) is 0.438. The average Bonchev–Trinajstić information content (AvgIpc) is 2.49. The van der Waals surface area contributed by atoms with E-state index in [1.54, 1.807) is 0 Å². The maximum atomic E-state index is 5.53. The zero-order valence-electron chi connectivity index (χ0n) is 11.8. The molecule has 0 radical (unpaired) electrons. The van der Waals surface area contributed by atoms with Gasteiger partial charge in [0.25, 0.3) is 0 Å². The first kappa shape index (κ1) is 13.7. The van der Waals surface area contributed by atoms with Gasteiger partial charge in [0.15, 0.2) is 0 Å². The smallest absolute Gasteiger partial charge is 0.120 e. The van der Waals surface area contributed by atoms with Gasteiger partial charge in [-0.3, -0.25) is 9.88 Å². The van der Waals surface area contributed by atoms with Gasteiger partial charge in [0.05, 0.1) is 17.8 Å². The third-order valence-electron chi connectivity index (χ3n) is 3.52. The number of hydrogen-bond acceptors (Lipinski definition) is 4. The summed E-state index contributed by atoms with van der Waals surface area (Å²) in [5.41, 5.74) is 2.21. The van der Waals surface area contributed by atoms with E-state index in [0.29, 0.717) is 6.61 Å². The van der Waals surface area contributed by atoms with Crippen LogP contribution in [0.3, 0.4) is 0 Å². The van der Waals surface area contributed by atoms with Crippen molar-refractivity contribution >= 4 is 22.7 Å². The van der Waals surface area contributed by atoms with E-state index < -0.39 is 0 Å². The van der Waals surface area contributed by atoms with Crippen LogP contribution in [0, 0.1) is 0 Å². The van der Waals surface area contributed by atoms with Crippen LogP contribution >= 0.6 is 11.8 Å². The Morgan fingerprint density at radius 3 is 2.85 bits per heavy atom. The van der Waals surface area contributed by atoms with Crippen LogP contribution in [0.1, 0.15) is 12.6 Å². The molecule has 1 aliphatic heterocycles. The summed E-state index contributed by atoms with van der Waals surface area (Å²) >= 11 is 2.04. The maximum absolute atomic E-state index is 5.53. The lowest BCUT2D eigenvalue weighted by Gasteiger charge is -2.25. The molecule has 20 heavy (non-hydrogen) atoms. The van der Waals surface area contributed by atoms with Crippen LogP contribution in [0.2, 0.25) is 0 Å². The third kappa shape index (κ3) is 3.25. The molecule has 3 rings (SSSR count). The minimum atomic E-state index is 0.698. The standard InChI is InChI=1S/C16H20N2OS/c1-2-19-15-5-6-16-13(11-15)3-4-14(17-16)12-18-7-9-20-10-8-18/h3-6,11H,2,7-10,12H2,1H3. The molecule has 106 valence electrons. The number of fused-ring (bicyclic) bond motifs is 1. The van der Waals surface area contributed by atoms with E-state index in [1.807, 2.05) is 24.8 Å². The van der Waals surface area contributed by atoms with Crippen LogP contribution in [0.4, 0.5) is 0 Å². The quantitative estimate of drug-likeness (QED) is 0.863. The number of ether oxygens (including phenoxy) is 1. The molecule has 1 aromatic carbocycles. The van der Waals surface area contributed by atoms with E-state index in [9.17, 15) is 0 Å². The van der Waals surface area contributed by atoms with Gasteiger partial charge in [0.2, 0.25) is 0 Å². The third-order valence-corrected chi connectivity index (χ3v) is 4.46. The predicted octanol–water partition coefficient (Wildman–Crippen LogP) is 3.18. The van der Waals surface area contributed by atoms with Crippen molar-refractivity contribution in [3.05, 3.63) is 36.0 Å². The van der Waals surface area contributed by atoms with Crippen LogP contribution in [0.5, 0.6) is 5.75 Å². The van der Waals surface area contributed by atoms with E-state index in [2.05, 4.69) is 29.2 Å². The number of rotatable bonds is 4. The highest BCUT2D eigenvalue weighted by Gasteiger charge is 2.11. The van der Waals surface area contributed by atoms with E-state index in [1.165, 1.54) is 24.6 Å². The van der Waals surface area contributed by atoms with Gasteiger partial charge in [-0.2, -0.15) is 11.8 Å². The van der Waals surface area contributed by atoms with Gasteiger partial charge in [-0.25, -0.2) is 0 Å². The molecule has 1 aromatic heterocycles. The Morgan fingerprint density at radius 2 is 2.05 bits per heavy atom. The normalized spacial score (nSPS) is 16.4. The van der Waals surface area contributed by atoms with Crippen molar-refractivity contribution in [2.45, 2.75) is 13.5 Å². The molecular formula is C16H20N2OS. The molecule has 1 aliphatic rings. The fourth-order valence-corrected chi connectivity index (χ4v) is 3.46. The lowest BCUT2D eigenvalue weighted by atomic mass is 10.2. The van der Waals surface area contributed by atoms with E-state index in [0.717, 1.165) is 28.9 Å². The molecule has 0 saturated carbocycles. The maximum Gasteiger partial charge on any atom is 0.120 e. The molecule has 4 heteroatoms. The second kappa shape index (κ2) is 6.46. The molecular weight excluding hydrogens is 268 g/mol. The second-order valence-electron chi connectivity index (χ2n) is 4.98. The molecule has 0 atom stereocenters. The van der Waals surface area contributed by atoms with Crippen molar-refractivity contribution in [2.75, 3.05) is 31.2 Å². The summed E-state index contributed by atoms with van der Waals surface area (Å²) in [6, 6.07) is 10.4. The summed E-state index contributed by atoms with van der Waals surface area (Å²) < 4.78 is 5.53. The average molecular weight is 288 g/mol. The second-order valence-corrected chi connectivity index (χ2v) is 6.20. The van der Waals surface area contributed by atoms with Crippen molar-refractivity contribution in [1.29, 1.82) is 0 Å². The topological polar surface area (TPSA) is 25.4 Å². The van der Waals surface area contributed by atoms with E-state index in [4.69, 9.17) is 9.72 Å². The lowest BCUT2D eigenvalue weighted by Crippen LogP contribution is -2.32. The summed E-state index contributed by atoms with van der Waals surface area (Å²) in [5, 5.41) is 1.15. The molecule has 1 saturated heterocycles. The molecule has 1 fully saturated rings. The minimum absolute atomic E-state index is 0.698. The zero-order chi connectivity index (χ0) is 13.8. The van der Waals surface area contributed by atoms with Crippen molar-refractivity contribution in [2.24, 2.45) is 0 Å². The summed E-state index contributed by atoms with van der Waals surface area (Å²) in [5.74, 6) is 3.40. The molecule has 2 aromatic rings. The largest absolute Gasteiger partial charge is 0.494 e. The summed E-state index contributed by atoms with van der Waals surface area (Å²) in [6.07, 6.45) is 0. The Bertz CT molecular complexity index is 582. The first-order valence-corrected chi connectivity index (χ1v) is 8.33. The number of aromatic nitrogens is 1. The molecule has 0 amide bonds. The van der Waals surface area contributed by atoms with Gasteiger partial charge in [0, 0.05) is 36.5 Å². The molecule has 3 nitrogen and oxygen atoms in total.